The summed E-state index contributed by atoms with van der Waals surface area (Å²) in [4.78, 5) is 0. The van der Waals surface area contributed by atoms with E-state index in [9.17, 15) is 13.9 Å². The molecule has 0 aromatic heterocycles. The zero-order chi connectivity index (χ0) is 14.3. The Kier molecular flexibility index (Phi) is 3.09. The minimum atomic E-state index is -1.06. The molecule has 2 aromatic rings. The van der Waals surface area contributed by atoms with Crippen LogP contribution < -0.4 is 0 Å². The maximum absolute atomic E-state index is 13.8. The van der Waals surface area contributed by atoms with Gasteiger partial charge in [-0.25, -0.2) is 8.78 Å². The van der Waals surface area contributed by atoms with E-state index in [-0.39, 0.29) is 6.42 Å². The Labute approximate surface area is 116 Å². The van der Waals surface area contributed by atoms with Crippen LogP contribution in [0.4, 0.5) is 8.78 Å². The zero-order valence-corrected chi connectivity index (χ0v) is 11.3. The van der Waals surface area contributed by atoms with Crippen molar-refractivity contribution >= 4 is 0 Å². The van der Waals surface area contributed by atoms with Crippen LogP contribution in [0, 0.1) is 18.6 Å². The molecular weight excluding hydrogens is 258 g/mol. The van der Waals surface area contributed by atoms with Gasteiger partial charge in [-0.2, -0.15) is 0 Å². The second-order valence-electron chi connectivity index (χ2n) is 5.60. The largest absolute Gasteiger partial charge is 0.385 e. The molecule has 1 N–H and O–H groups in total. The van der Waals surface area contributed by atoms with Crippen LogP contribution in [0.1, 0.15) is 28.7 Å². The molecule has 1 aliphatic rings. The molecule has 0 amide bonds. The van der Waals surface area contributed by atoms with Crippen LogP contribution >= 0.6 is 0 Å². The second-order valence-corrected chi connectivity index (χ2v) is 5.60. The first-order valence-electron chi connectivity index (χ1n) is 6.74. The Bertz CT molecular complexity index is 666. The third kappa shape index (κ3) is 2.22. The van der Waals surface area contributed by atoms with Crippen molar-refractivity contribution in [3.63, 3.8) is 0 Å². The number of hydrogen-bond acceptors (Lipinski definition) is 1. The molecule has 0 fully saturated rings. The predicted molar refractivity (Wildman–Crippen MR) is 73.5 cm³/mol. The average Bonchev–Trinajstić information content (AvgIpc) is 2.71. The normalized spacial score (nSPS) is 21.0. The highest BCUT2D eigenvalue weighted by atomic mass is 19.1. The molecule has 3 heteroatoms. The molecular formula is C17H16F2O. The molecule has 0 aliphatic heterocycles. The number of hydrogen-bond donors (Lipinski definition) is 1. The highest BCUT2D eigenvalue weighted by molar-refractivity contribution is 5.41. The van der Waals surface area contributed by atoms with Gasteiger partial charge in [0.1, 0.15) is 11.6 Å². The molecule has 20 heavy (non-hydrogen) atoms. The first-order chi connectivity index (χ1) is 9.48. The van der Waals surface area contributed by atoms with E-state index in [0.717, 1.165) is 29.2 Å². The van der Waals surface area contributed by atoms with Gasteiger partial charge in [0.05, 0.1) is 5.60 Å². The van der Waals surface area contributed by atoms with Gasteiger partial charge < -0.3 is 5.11 Å². The fourth-order valence-electron chi connectivity index (χ4n) is 2.98. The molecule has 3 rings (SSSR count). The van der Waals surface area contributed by atoms with Gasteiger partial charge in [-0.15, -0.1) is 0 Å². The minimum absolute atomic E-state index is 0.176. The van der Waals surface area contributed by atoms with Crippen LogP contribution in [0.3, 0.4) is 0 Å². The number of benzene rings is 2. The SMILES string of the molecule is Cc1ccc2c(c1)C(O)(Cc1ccc(F)cc1F)CC2. The molecule has 1 nitrogen and oxygen atoms in total. The topological polar surface area (TPSA) is 20.2 Å². The van der Waals surface area contributed by atoms with Gasteiger partial charge in [0.15, 0.2) is 0 Å². The van der Waals surface area contributed by atoms with E-state index in [4.69, 9.17) is 0 Å². The first kappa shape index (κ1) is 13.3. The van der Waals surface area contributed by atoms with Crippen molar-refractivity contribution in [2.45, 2.75) is 31.8 Å². The summed E-state index contributed by atoms with van der Waals surface area (Å²) in [6, 6.07) is 9.51. The Hall–Kier alpha value is -1.74. The number of rotatable bonds is 2. The summed E-state index contributed by atoms with van der Waals surface area (Å²) in [7, 11) is 0. The van der Waals surface area contributed by atoms with E-state index in [1.807, 2.05) is 25.1 Å². The lowest BCUT2D eigenvalue weighted by Gasteiger charge is -2.24. The quantitative estimate of drug-likeness (QED) is 0.886. The summed E-state index contributed by atoms with van der Waals surface area (Å²) in [5.74, 6) is -1.19. The Morgan fingerprint density at radius 1 is 1.15 bits per heavy atom. The standard InChI is InChI=1S/C17H16F2O/c1-11-2-3-12-6-7-17(20,15(12)8-11)10-13-4-5-14(18)9-16(13)19/h2-5,8-9,20H,6-7,10H2,1H3. The number of halogens is 2. The summed E-state index contributed by atoms with van der Waals surface area (Å²) in [6.45, 7) is 1.97. The predicted octanol–water partition coefficient (Wildman–Crippen LogP) is 3.65. The van der Waals surface area contributed by atoms with Crippen LogP contribution in [0.2, 0.25) is 0 Å². The Morgan fingerprint density at radius 3 is 2.70 bits per heavy atom. The van der Waals surface area contributed by atoms with Gasteiger partial charge >= 0.3 is 0 Å². The molecule has 1 aliphatic carbocycles. The summed E-state index contributed by atoms with van der Waals surface area (Å²) in [5.41, 5.74) is 2.36. The number of aliphatic hydroxyl groups is 1. The van der Waals surface area contributed by atoms with E-state index < -0.39 is 17.2 Å². The van der Waals surface area contributed by atoms with Crippen LogP contribution in [0.5, 0.6) is 0 Å². The highest BCUT2D eigenvalue weighted by Gasteiger charge is 2.37. The van der Waals surface area contributed by atoms with E-state index >= 15 is 0 Å². The third-order valence-corrected chi connectivity index (χ3v) is 4.07. The van der Waals surface area contributed by atoms with Crippen molar-refractivity contribution in [3.8, 4) is 0 Å². The summed E-state index contributed by atoms with van der Waals surface area (Å²) < 4.78 is 26.7. The maximum atomic E-state index is 13.8. The smallest absolute Gasteiger partial charge is 0.129 e. The Morgan fingerprint density at radius 2 is 1.95 bits per heavy atom. The monoisotopic (exact) mass is 274 g/mol. The lowest BCUT2D eigenvalue weighted by molar-refractivity contribution is 0.0380. The minimum Gasteiger partial charge on any atom is -0.385 e. The van der Waals surface area contributed by atoms with Crippen LogP contribution in [0.25, 0.3) is 0 Å². The van der Waals surface area contributed by atoms with Crippen LogP contribution in [-0.2, 0) is 18.4 Å². The third-order valence-electron chi connectivity index (χ3n) is 4.07. The van der Waals surface area contributed by atoms with Gasteiger partial charge in [0.2, 0.25) is 0 Å². The zero-order valence-electron chi connectivity index (χ0n) is 11.3. The number of aryl methyl sites for hydroxylation is 2. The van der Waals surface area contributed by atoms with Crippen molar-refractivity contribution < 1.29 is 13.9 Å². The maximum Gasteiger partial charge on any atom is 0.129 e. The summed E-state index contributed by atoms with van der Waals surface area (Å²) >= 11 is 0. The van der Waals surface area contributed by atoms with Gasteiger partial charge in [0, 0.05) is 12.5 Å². The first-order valence-corrected chi connectivity index (χ1v) is 6.74. The van der Waals surface area contributed by atoms with E-state index in [0.29, 0.717) is 12.0 Å². The van der Waals surface area contributed by atoms with E-state index in [2.05, 4.69) is 0 Å². The van der Waals surface area contributed by atoms with Crippen LogP contribution in [0.15, 0.2) is 36.4 Å². The van der Waals surface area contributed by atoms with Crippen molar-refractivity contribution in [1.82, 2.24) is 0 Å². The van der Waals surface area contributed by atoms with E-state index in [1.165, 1.54) is 12.1 Å². The molecule has 0 heterocycles. The fraction of sp³-hybridized carbons (Fsp3) is 0.294. The Balaban J connectivity index is 1.97. The number of fused-ring (bicyclic) bond motifs is 1. The molecule has 0 spiro atoms. The highest BCUT2D eigenvalue weighted by Crippen LogP contribution is 2.40. The van der Waals surface area contributed by atoms with E-state index in [1.54, 1.807) is 0 Å². The molecule has 2 aromatic carbocycles. The molecule has 1 atom stereocenters. The van der Waals surface area contributed by atoms with Gasteiger partial charge in [0.25, 0.3) is 0 Å². The molecule has 0 radical (unpaired) electrons. The van der Waals surface area contributed by atoms with Gasteiger partial charge in [-0.05, 0) is 42.5 Å². The lowest BCUT2D eigenvalue weighted by atomic mass is 9.88. The second kappa shape index (κ2) is 4.67. The summed E-state index contributed by atoms with van der Waals surface area (Å²) in [6.07, 6.45) is 1.53. The van der Waals surface area contributed by atoms with Crippen molar-refractivity contribution in [1.29, 1.82) is 0 Å². The molecule has 0 saturated heterocycles. The van der Waals surface area contributed by atoms with Crippen LogP contribution in [-0.4, -0.2) is 5.11 Å². The molecule has 1 unspecified atom stereocenters. The van der Waals surface area contributed by atoms with Gasteiger partial charge in [-0.3, -0.25) is 0 Å². The molecule has 0 bridgehead atoms. The van der Waals surface area contributed by atoms with Crippen molar-refractivity contribution in [3.05, 3.63) is 70.3 Å². The average molecular weight is 274 g/mol. The molecule has 0 saturated carbocycles. The summed E-state index contributed by atoms with van der Waals surface area (Å²) in [5, 5.41) is 10.9. The van der Waals surface area contributed by atoms with Crippen molar-refractivity contribution in [2.24, 2.45) is 0 Å². The lowest BCUT2D eigenvalue weighted by Crippen LogP contribution is -2.26. The molecule has 104 valence electrons. The fourth-order valence-corrected chi connectivity index (χ4v) is 2.98. The van der Waals surface area contributed by atoms with Crippen molar-refractivity contribution in [2.75, 3.05) is 0 Å². The van der Waals surface area contributed by atoms with Gasteiger partial charge in [-0.1, -0.05) is 29.8 Å².